The molecule has 4 nitrogen and oxygen atoms in total. The number of hydrogen-bond donors (Lipinski definition) is 1. The number of hydrogen-bond acceptors (Lipinski definition) is 3. The SMILES string of the molecule is O=C(NCC1CCCO1)c1ccncc1F. The average Bonchev–Trinajstić information content (AvgIpc) is 2.79. The van der Waals surface area contributed by atoms with Crippen molar-refractivity contribution in [2.24, 2.45) is 0 Å². The highest BCUT2D eigenvalue weighted by molar-refractivity contribution is 5.94. The van der Waals surface area contributed by atoms with E-state index in [0.29, 0.717) is 6.54 Å². The molecule has 1 aliphatic heterocycles. The minimum atomic E-state index is -0.604. The Labute approximate surface area is 92.8 Å². The molecule has 0 aromatic carbocycles. The van der Waals surface area contributed by atoms with Gasteiger partial charge < -0.3 is 10.1 Å². The molecule has 0 aliphatic carbocycles. The summed E-state index contributed by atoms with van der Waals surface area (Å²) in [5, 5.41) is 2.65. The van der Waals surface area contributed by atoms with E-state index in [2.05, 4.69) is 10.3 Å². The minimum Gasteiger partial charge on any atom is -0.376 e. The Morgan fingerprint density at radius 2 is 2.56 bits per heavy atom. The molecule has 0 saturated carbocycles. The largest absolute Gasteiger partial charge is 0.376 e. The fourth-order valence-corrected chi connectivity index (χ4v) is 1.67. The lowest BCUT2D eigenvalue weighted by atomic mass is 10.2. The van der Waals surface area contributed by atoms with E-state index in [1.165, 1.54) is 12.3 Å². The van der Waals surface area contributed by atoms with Gasteiger partial charge in [0, 0.05) is 19.3 Å². The quantitative estimate of drug-likeness (QED) is 0.837. The first-order chi connectivity index (χ1) is 7.77. The lowest BCUT2D eigenvalue weighted by Crippen LogP contribution is -2.32. The number of nitrogens with one attached hydrogen (secondary N) is 1. The van der Waals surface area contributed by atoms with E-state index in [4.69, 9.17) is 4.74 Å². The van der Waals surface area contributed by atoms with Gasteiger partial charge in [-0.25, -0.2) is 4.39 Å². The fourth-order valence-electron chi connectivity index (χ4n) is 1.67. The van der Waals surface area contributed by atoms with Gasteiger partial charge in [0.2, 0.25) is 0 Å². The summed E-state index contributed by atoms with van der Waals surface area (Å²) in [7, 11) is 0. The highest BCUT2D eigenvalue weighted by Gasteiger charge is 2.17. The maximum absolute atomic E-state index is 13.2. The van der Waals surface area contributed by atoms with E-state index >= 15 is 0 Å². The van der Waals surface area contributed by atoms with Crippen LogP contribution in [0.3, 0.4) is 0 Å². The highest BCUT2D eigenvalue weighted by atomic mass is 19.1. The van der Waals surface area contributed by atoms with Gasteiger partial charge in [-0.15, -0.1) is 0 Å². The van der Waals surface area contributed by atoms with Crippen LogP contribution in [0.25, 0.3) is 0 Å². The lowest BCUT2D eigenvalue weighted by Gasteiger charge is -2.10. The Balaban J connectivity index is 1.90. The van der Waals surface area contributed by atoms with Crippen LogP contribution in [-0.4, -0.2) is 30.1 Å². The smallest absolute Gasteiger partial charge is 0.254 e. The van der Waals surface area contributed by atoms with E-state index in [-0.39, 0.29) is 11.7 Å². The third-order valence-corrected chi connectivity index (χ3v) is 2.53. The summed E-state index contributed by atoms with van der Waals surface area (Å²) in [4.78, 5) is 15.2. The standard InChI is InChI=1S/C11H13FN2O2/c12-10-7-13-4-3-9(10)11(15)14-6-8-2-1-5-16-8/h3-4,7-8H,1-2,5-6H2,(H,14,15). The van der Waals surface area contributed by atoms with Crippen LogP contribution in [0.4, 0.5) is 4.39 Å². The van der Waals surface area contributed by atoms with E-state index < -0.39 is 11.7 Å². The normalized spacial score (nSPS) is 19.7. The van der Waals surface area contributed by atoms with Crippen molar-refractivity contribution in [3.63, 3.8) is 0 Å². The summed E-state index contributed by atoms with van der Waals surface area (Å²) in [6, 6.07) is 1.36. The Bertz CT molecular complexity index is 378. The minimum absolute atomic E-state index is 0.0213. The van der Waals surface area contributed by atoms with E-state index in [1.54, 1.807) is 0 Å². The second kappa shape index (κ2) is 5.03. The van der Waals surface area contributed by atoms with Crippen LogP contribution in [0.15, 0.2) is 18.5 Å². The number of amides is 1. The molecule has 1 saturated heterocycles. The molecule has 1 aromatic heterocycles. The van der Waals surface area contributed by atoms with Gasteiger partial charge in [0.15, 0.2) is 5.82 Å². The molecule has 1 fully saturated rings. The number of aromatic nitrogens is 1. The molecule has 1 atom stereocenters. The molecule has 1 N–H and O–H groups in total. The molecule has 2 rings (SSSR count). The predicted molar refractivity (Wildman–Crippen MR) is 55.5 cm³/mol. The van der Waals surface area contributed by atoms with Crippen molar-refractivity contribution in [1.82, 2.24) is 10.3 Å². The van der Waals surface area contributed by atoms with Crippen molar-refractivity contribution in [2.45, 2.75) is 18.9 Å². The summed E-state index contributed by atoms with van der Waals surface area (Å²) < 4.78 is 18.5. The Kier molecular flexibility index (Phi) is 3.46. The Morgan fingerprint density at radius 1 is 1.69 bits per heavy atom. The molecule has 0 bridgehead atoms. The third-order valence-electron chi connectivity index (χ3n) is 2.53. The fraction of sp³-hybridized carbons (Fsp3) is 0.455. The van der Waals surface area contributed by atoms with Crippen LogP contribution in [-0.2, 0) is 4.74 Å². The van der Waals surface area contributed by atoms with Crippen LogP contribution in [0.2, 0.25) is 0 Å². The molecule has 1 aromatic rings. The number of rotatable bonds is 3. The van der Waals surface area contributed by atoms with Crippen molar-refractivity contribution in [3.05, 3.63) is 29.8 Å². The second-order valence-electron chi connectivity index (χ2n) is 3.70. The van der Waals surface area contributed by atoms with Crippen LogP contribution < -0.4 is 5.32 Å². The molecule has 86 valence electrons. The van der Waals surface area contributed by atoms with Gasteiger partial charge in [-0.2, -0.15) is 0 Å². The number of nitrogens with zero attached hydrogens (tertiary/aromatic N) is 1. The van der Waals surface area contributed by atoms with Crippen LogP contribution in [0, 0.1) is 5.82 Å². The number of ether oxygens (including phenoxy) is 1. The monoisotopic (exact) mass is 224 g/mol. The maximum Gasteiger partial charge on any atom is 0.254 e. The number of carbonyl (C=O) groups is 1. The van der Waals surface area contributed by atoms with Crippen molar-refractivity contribution >= 4 is 5.91 Å². The maximum atomic E-state index is 13.2. The van der Waals surface area contributed by atoms with Gasteiger partial charge >= 0.3 is 0 Å². The van der Waals surface area contributed by atoms with Gasteiger partial charge in [0.25, 0.3) is 5.91 Å². The topological polar surface area (TPSA) is 51.2 Å². The van der Waals surface area contributed by atoms with Crippen molar-refractivity contribution < 1.29 is 13.9 Å². The van der Waals surface area contributed by atoms with Gasteiger partial charge in [-0.3, -0.25) is 9.78 Å². The molecule has 1 amide bonds. The lowest BCUT2D eigenvalue weighted by molar-refractivity contribution is 0.0854. The van der Waals surface area contributed by atoms with E-state index in [1.807, 2.05) is 0 Å². The van der Waals surface area contributed by atoms with Crippen LogP contribution >= 0.6 is 0 Å². The van der Waals surface area contributed by atoms with Gasteiger partial charge in [-0.1, -0.05) is 0 Å². The summed E-state index contributed by atoms with van der Waals surface area (Å²) in [6.07, 6.45) is 4.45. The van der Waals surface area contributed by atoms with Gasteiger partial charge in [0.05, 0.1) is 17.9 Å². The van der Waals surface area contributed by atoms with Gasteiger partial charge in [0.1, 0.15) is 0 Å². The zero-order valence-corrected chi connectivity index (χ0v) is 8.78. The first-order valence-electron chi connectivity index (χ1n) is 5.26. The average molecular weight is 224 g/mol. The first-order valence-corrected chi connectivity index (χ1v) is 5.26. The Hall–Kier alpha value is -1.49. The summed E-state index contributed by atoms with van der Waals surface area (Å²) in [5.41, 5.74) is 0.0213. The molecule has 16 heavy (non-hydrogen) atoms. The van der Waals surface area contributed by atoms with Crippen molar-refractivity contribution in [2.75, 3.05) is 13.2 Å². The summed E-state index contributed by atoms with van der Waals surface area (Å²) >= 11 is 0. The number of pyridine rings is 1. The predicted octanol–water partition coefficient (Wildman–Crippen LogP) is 1.13. The summed E-state index contributed by atoms with van der Waals surface area (Å²) in [5.74, 6) is -1.03. The van der Waals surface area contributed by atoms with Crippen LogP contribution in [0.1, 0.15) is 23.2 Å². The Morgan fingerprint density at radius 3 is 3.25 bits per heavy atom. The second-order valence-corrected chi connectivity index (χ2v) is 3.70. The zero-order valence-electron chi connectivity index (χ0n) is 8.78. The van der Waals surface area contributed by atoms with Crippen molar-refractivity contribution in [1.29, 1.82) is 0 Å². The van der Waals surface area contributed by atoms with Gasteiger partial charge in [-0.05, 0) is 18.9 Å². The van der Waals surface area contributed by atoms with Crippen LogP contribution in [0.5, 0.6) is 0 Å². The van der Waals surface area contributed by atoms with Crippen molar-refractivity contribution in [3.8, 4) is 0 Å². The number of halogens is 1. The zero-order chi connectivity index (χ0) is 11.4. The molecule has 2 heterocycles. The molecular weight excluding hydrogens is 211 g/mol. The molecular formula is C11H13FN2O2. The molecule has 1 unspecified atom stereocenters. The number of carbonyl (C=O) groups excluding carboxylic acids is 1. The molecule has 5 heteroatoms. The third kappa shape index (κ3) is 2.55. The highest BCUT2D eigenvalue weighted by Crippen LogP contribution is 2.11. The first kappa shape index (κ1) is 11.0. The van der Waals surface area contributed by atoms with E-state index in [9.17, 15) is 9.18 Å². The molecule has 0 radical (unpaired) electrons. The molecule has 0 spiro atoms. The summed E-state index contributed by atoms with van der Waals surface area (Å²) in [6.45, 7) is 1.17. The molecule has 1 aliphatic rings. The van der Waals surface area contributed by atoms with E-state index in [0.717, 1.165) is 25.6 Å².